The van der Waals surface area contributed by atoms with Crippen LogP contribution in [0.3, 0.4) is 0 Å². The number of likely N-dealkylation sites (N-methyl/N-ethyl adjacent to an activating group) is 1. The number of nitrogens with one attached hydrogen (secondary N) is 1. The second kappa shape index (κ2) is 5.32. The van der Waals surface area contributed by atoms with E-state index in [1.807, 2.05) is 7.05 Å². The standard InChI is InChI=1S/C10H20N2O2/c1-8(2)6-12(3)10(13)9-7-14-5-4-11-9/h8-9,11H,4-7H2,1-3H3. The SMILES string of the molecule is CC(C)CN(C)C(=O)C1COCCN1. The van der Waals surface area contributed by atoms with Crippen LogP contribution in [0.4, 0.5) is 0 Å². The van der Waals surface area contributed by atoms with E-state index in [4.69, 9.17) is 4.74 Å². The molecule has 0 spiro atoms. The highest BCUT2D eigenvalue weighted by atomic mass is 16.5. The quantitative estimate of drug-likeness (QED) is 0.702. The van der Waals surface area contributed by atoms with Gasteiger partial charge in [0.2, 0.25) is 5.91 Å². The molecule has 0 bridgehead atoms. The summed E-state index contributed by atoms with van der Waals surface area (Å²) in [6.45, 7) is 6.99. The number of carbonyl (C=O) groups is 1. The second-order valence-electron chi connectivity index (χ2n) is 4.19. The summed E-state index contributed by atoms with van der Waals surface area (Å²) < 4.78 is 5.25. The van der Waals surface area contributed by atoms with E-state index in [0.29, 0.717) is 19.1 Å². The van der Waals surface area contributed by atoms with Crippen LogP contribution in [-0.4, -0.2) is 50.2 Å². The minimum Gasteiger partial charge on any atom is -0.378 e. The van der Waals surface area contributed by atoms with Gasteiger partial charge >= 0.3 is 0 Å². The summed E-state index contributed by atoms with van der Waals surface area (Å²) in [5, 5.41) is 3.16. The van der Waals surface area contributed by atoms with Crippen molar-refractivity contribution in [1.29, 1.82) is 0 Å². The molecule has 1 N–H and O–H groups in total. The fraction of sp³-hybridized carbons (Fsp3) is 0.900. The van der Waals surface area contributed by atoms with Gasteiger partial charge in [-0.1, -0.05) is 13.8 Å². The Hall–Kier alpha value is -0.610. The number of hydrogen-bond acceptors (Lipinski definition) is 3. The lowest BCUT2D eigenvalue weighted by Crippen LogP contribution is -2.52. The zero-order valence-electron chi connectivity index (χ0n) is 9.25. The van der Waals surface area contributed by atoms with Crippen LogP contribution in [0.2, 0.25) is 0 Å². The molecule has 0 aliphatic carbocycles. The van der Waals surface area contributed by atoms with Crippen molar-refractivity contribution in [2.75, 3.05) is 33.4 Å². The normalized spacial score (nSPS) is 22.4. The molecule has 4 heteroatoms. The van der Waals surface area contributed by atoms with Gasteiger partial charge < -0.3 is 15.0 Å². The van der Waals surface area contributed by atoms with Crippen LogP contribution in [-0.2, 0) is 9.53 Å². The Balaban J connectivity index is 2.38. The summed E-state index contributed by atoms with van der Waals surface area (Å²) in [6, 6.07) is -0.146. The highest BCUT2D eigenvalue weighted by Crippen LogP contribution is 2.01. The van der Waals surface area contributed by atoms with Gasteiger partial charge in [-0.05, 0) is 5.92 Å². The molecule has 1 fully saturated rings. The maximum absolute atomic E-state index is 11.8. The average molecular weight is 200 g/mol. The molecule has 0 radical (unpaired) electrons. The molecular formula is C10H20N2O2. The van der Waals surface area contributed by atoms with Gasteiger partial charge in [0.1, 0.15) is 6.04 Å². The number of ether oxygens (including phenoxy) is 1. The van der Waals surface area contributed by atoms with Crippen LogP contribution < -0.4 is 5.32 Å². The van der Waals surface area contributed by atoms with Crippen molar-refractivity contribution >= 4 is 5.91 Å². The van der Waals surface area contributed by atoms with Crippen molar-refractivity contribution in [3.63, 3.8) is 0 Å². The highest BCUT2D eigenvalue weighted by molar-refractivity contribution is 5.81. The Morgan fingerprint density at radius 3 is 2.86 bits per heavy atom. The van der Waals surface area contributed by atoms with Gasteiger partial charge in [0, 0.05) is 20.1 Å². The van der Waals surface area contributed by atoms with Gasteiger partial charge in [0.15, 0.2) is 0 Å². The topological polar surface area (TPSA) is 41.6 Å². The number of rotatable bonds is 3. The van der Waals surface area contributed by atoms with Gasteiger partial charge in [-0.25, -0.2) is 0 Å². The highest BCUT2D eigenvalue weighted by Gasteiger charge is 2.24. The molecule has 1 unspecified atom stereocenters. The lowest BCUT2D eigenvalue weighted by Gasteiger charge is -2.28. The second-order valence-corrected chi connectivity index (χ2v) is 4.19. The molecule has 0 saturated carbocycles. The smallest absolute Gasteiger partial charge is 0.241 e. The molecule has 1 saturated heterocycles. The van der Waals surface area contributed by atoms with Crippen molar-refractivity contribution in [3.8, 4) is 0 Å². The average Bonchev–Trinajstić information content (AvgIpc) is 2.17. The van der Waals surface area contributed by atoms with Crippen molar-refractivity contribution in [2.24, 2.45) is 5.92 Å². The van der Waals surface area contributed by atoms with Crippen LogP contribution in [0.15, 0.2) is 0 Å². The van der Waals surface area contributed by atoms with Gasteiger partial charge in [-0.3, -0.25) is 4.79 Å². The minimum absolute atomic E-state index is 0.137. The molecule has 0 aromatic rings. The predicted octanol–water partition coefficient (Wildman–Crippen LogP) is 0.0892. The summed E-state index contributed by atoms with van der Waals surface area (Å²) in [5.74, 6) is 0.645. The van der Waals surface area contributed by atoms with E-state index in [1.54, 1.807) is 4.90 Å². The van der Waals surface area contributed by atoms with Crippen molar-refractivity contribution in [2.45, 2.75) is 19.9 Å². The first-order valence-corrected chi connectivity index (χ1v) is 5.17. The molecule has 0 aromatic heterocycles. The fourth-order valence-electron chi connectivity index (χ4n) is 1.63. The van der Waals surface area contributed by atoms with Gasteiger partial charge in [-0.2, -0.15) is 0 Å². The first-order chi connectivity index (χ1) is 6.61. The molecule has 1 atom stereocenters. The Morgan fingerprint density at radius 2 is 2.36 bits per heavy atom. The van der Waals surface area contributed by atoms with Crippen LogP contribution >= 0.6 is 0 Å². The molecule has 1 amide bonds. The Labute approximate surface area is 85.6 Å². The number of hydrogen-bond donors (Lipinski definition) is 1. The van der Waals surface area contributed by atoms with Crippen LogP contribution in [0.25, 0.3) is 0 Å². The Morgan fingerprint density at radius 1 is 1.64 bits per heavy atom. The lowest BCUT2D eigenvalue weighted by molar-refractivity contribution is -0.135. The van der Waals surface area contributed by atoms with E-state index < -0.39 is 0 Å². The number of amides is 1. The maximum atomic E-state index is 11.8. The van der Waals surface area contributed by atoms with E-state index in [2.05, 4.69) is 19.2 Å². The molecular weight excluding hydrogens is 180 g/mol. The summed E-state index contributed by atoms with van der Waals surface area (Å²) in [4.78, 5) is 13.6. The molecule has 4 nitrogen and oxygen atoms in total. The van der Waals surface area contributed by atoms with Crippen molar-refractivity contribution in [1.82, 2.24) is 10.2 Å². The van der Waals surface area contributed by atoms with Gasteiger partial charge in [0.05, 0.1) is 13.2 Å². The van der Waals surface area contributed by atoms with Gasteiger partial charge in [0.25, 0.3) is 0 Å². The molecule has 14 heavy (non-hydrogen) atoms. The first-order valence-electron chi connectivity index (χ1n) is 5.17. The lowest BCUT2D eigenvalue weighted by atomic mass is 10.2. The number of morpholine rings is 1. The van der Waals surface area contributed by atoms with Crippen molar-refractivity contribution < 1.29 is 9.53 Å². The molecule has 1 aliphatic rings. The fourth-order valence-corrected chi connectivity index (χ4v) is 1.63. The van der Waals surface area contributed by atoms with E-state index >= 15 is 0 Å². The summed E-state index contributed by atoms with van der Waals surface area (Å²) in [6.07, 6.45) is 0. The van der Waals surface area contributed by atoms with E-state index in [0.717, 1.165) is 13.1 Å². The maximum Gasteiger partial charge on any atom is 0.241 e. The molecule has 1 rings (SSSR count). The van der Waals surface area contributed by atoms with Gasteiger partial charge in [-0.15, -0.1) is 0 Å². The van der Waals surface area contributed by atoms with Crippen LogP contribution in [0, 0.1) is 5.92 Å². The van der Waals surface area contributed by atoms with E-state index in [1.165, 1.54) is 0 Å². The molecule has 1 aliphatic heterocycles. The summed E-state index contributed by atoms with van der Waals surface area (Å²) in [7, 11) is 1.85. The zero-order chi connectivity index (χ0) is 10.6. The Kier molecular flexibility index (Phi) is 4.35. The van der Waals surface area contributed by atoms with E-state index in [9.17, 15) is 4.79 Å². The molecule has 0 aromatic carbocycles. The minimum atomic E-state index is -0.146. The number of nitrogens with zero attached hydrogens (tertiary/aromatic N) is 1. The third-order valence-electron chi connectivity index (χ3n) is 2.23. The first kappa shape index (κ1) is 11.5. The summed E-state index contributed by atoms with van der Waals surface area (Å²) >= 11 is 0. The number of carbonyl (C=O) groups excluding carboxylic acids is 1. The molecule has 1 heterocycles. The largest absolute Gasteiger partial charge is 0.378 e. The monoisotopic (exact) mass is 200 g/mol. The zero-order valence-corrected chi connectivity index (χ0v) is 9.25. The summed E-state index contributed by atoms with van der Waals surface area (Å²) in [5.41, 5.74) is 0. The van der Waals surface area contributed by atoms with Crippen LogP contribution in [0.5, 0.6) is 0 Å². The molecule has 82 valence electrons. The predicted molar refractivity (Wildman–Crippen MR) is 55.1 cm³/mol. The van der Waals surface area contributed by atoms with Crippen molar-refractivity contribution in [3.05, 3.63) is 0 Å². The Bertz CT molecular complexity index is 189. The van der Waals surface area contributed by atoms with E-state index in [-0.39, 0.29) is 11.9 Å². The third-order valence-corrected chi connectivity index (χ3v) is 2.23. The van der Waals surface area contributed by atoms with Crippen LogP contribution in [0.1, 0.15) is 13.8 Å². The third kappa shape index (κ3) is 3.27.